The third-order valence-electron chi connectivity index (χ3n) is 5.66. The van der Waals surface area contributed by atoms with E-state index in [1.807, 2.05) is 19.9 Å². The van der Waals surface area contributed by atoms with E-state index in [0.29, 0.717) is 31.0 Å². The minimum Gasteiger partial charge on any atom is -0.512 e. The number of hydrogen-bond donors (Lipinski definition) is 2. The molecule has 2 aliphatic rings. The second-order valence-corrected chi connectivity index (χ2v) is 8.45. The van der Waals surface area contributed by atoms with Gasteiger partial charge in [0.1, 0.15) is 29.5 Å². The number of furan rings is 1. The highest BCUT2D eigenvalue weighted by Crippen LogP contribution is 2.45. The number of aromatic hydroxyl groups is 1. The summed E-state index contributed by atoms with van der Waals surface area (Å²) in [6.07, 6.45) is 8.05. The van der Waals surface area contributed by atoms with Gasteiger partial charge in [-0.25, -0.2) is 0 Å². The molecule has 0 fully saturated rings. The van der Waals surface area contributed by atoms with E-state index in [1.54, 1.807) is 12.1 Å². The van der Waals surface area contributed by atoms with Gasteiger partial charge in [-0.1, -0.05) is 23.3 Å². The molecule has 1 atom stereocenters. The van der Waals surface area contributed by atoms with Crippen LogP contribution in [0.15, 0.2) is 57.4 Å². The van der Waals surface area contributed by atoms with Crippen molar-refractivity contribution >= 4 is 16.5 Å². The standard InChI is InChI=1S/C25H28O4/c1-14(2)5-7-16-11-19-23(12-22(16)27)28-13-20-17-9-10-21(26)18(8-6-15(3)4)24(17)29-25(19)20/h5-6,9-10,12,16,26-27H,7-8,11,13H2,1-4H3. The minimum absolute atomic E-state index is 0.0185. The van der Waals surface area contributed by atoms with Gasteiger partial charge in [0.25, 0.3) is 0 Å². The Kier molecular flexibility index (Phi) is 5.03. The van der Waals surface area contributed by atoms with Gasteiger partial charge in [-0.2, -0.15) is 0 Å². The molecular weight excluding hydrogens is 364 g/mol. The number of hydrogen-bond acceptors (Lipinski definition) is 4. The number of benzene rings is 1. The van der Waals surface area contributed by atoms with Crippen LogP contribution in [0.25, 0.3) is 16.5 Å². The summed E-state index contributed by atoms with van der Waals surface area (Å²) in [6.45, 7) is 8.62. The minimum atomic E-state index is 0.0185. The molecule has 1 aromatic carbocycles. The third kappa shape index (κ3) is 3.59. The molecule has 152 valence electrons. The number of aliphatic hydroxyl groups excluding tert-OH is 1. The van der Waals surface area contributed by atoms with Crippen LogP contribution in [0.1, 0.15) is 57.4 Å². The van der Waals surface area contributed by atoms with Gasteiger partial charge in [0.2, 0.25) is 0 Å². The Bertz CT molecular complexity index is 1080. The zero-order valence-corrected chi connectivity index (χ0v) is 17.5. The molecule has 0 radical (unpaired) electrons. The summed E-state index contributed by atoms with van der Waals surface area (Å²) in [5, 5.41) is 21.9. The van der Waals surface area contributed by atoms with Gasteiger partial charge in [-0.05, 0) is 59.1 Å². The second kappa shape index (κ2) is 7.51. The molecule has 0 spiro atoms. The zero-order chi connectivity index (χ0) is 20.7. The van der Waals surface area contributed by atoms with Gasteiger partial charge in [0.15, 0.2) is 0 Å². The molecule has 4 heteroatoms. The van der Waals surface area contributed by atoms with Crippen molar-refractivity contribution in [3.63, 3.8) is 0 Å². The number of aliphatic hydroxyl groups is 1. The summed E-state index contributed by atoms with van der Waals surface area (Å²) in [4.78, 5) is 0. The molecule has 2 heterocycles. The average Bonchev–Trinajstić information content (AvgIpc) is 3.04. The van der Waals surface area contributed by atoms with Crippen molar-refractivity contribution in [3.05, 3.63) is 69.9 Å². The maximum absolute atomic E-state index is 10.5. The molecule has 4 nitrogen and oxygen atoms in total. The first-order chi connectivity index (χ1) is 13.8. The van der Waals surface area contributed by atoms with Gasteiger partial charge < -0.3 is 19.4 Å². The number of ether oxygens (including phenoxy) is 1. The third-order valence-corrected chi connectivity index (χ3v) is 5.66. The smallest absolute Gasteiger partial charge is 0.142 e. The van der Waals surface area contributed by atoms with Crippen LogP contribution < -0.4 is 0 Å². The molecule has 2 aromatic rings. The Morgan fingerprint density at radius 2 is 1.86 bits per heavy atom. The fourth-order valence-corrected chi connectivity index (χ4v) is 4.00. The van der Waals surface area contributed by atoms with E-state index in [0.717, 1.165) is 39.9 Å². The van der Waals surface area contributed by atoms with E-state index in [1.165, 1.54) is 11.1 Å². The van der Waals surface area contributed by atoms with Crippen LogP contribution >= 0.6 is 0 Å². The molecule has 0 saturated carbocycles. The molecule has 1 aliphatic carbocycles. The quantitative estimate of drug-likeness (QED) is 0.568. The lowest BCUT2D eigenvalue weighted by Crippen LogP contribution is -2.15. The average molecular weight is 392 g/mol. The monoisotopic (exact) mass is 392 g/mol. The molecule has 4 rings (SSSR count). The van der Waals surface area contributed by atoms with Crippen LogP contribution in [0.3, 0.4) is 0 Å². The summed E-state index contributed by atoms with van der Waals surface area (Å²) in [5.74, 6) is 2.15. The normalized spacial score (nSPS) is 17.9. The van der Waals surface area contributed by atoms with Crippen molar-refractivity contribution in [2.45, 2.75) is 53.6 Å². The Morgan fingerprint density at radius 1 is 1.10 bits per heavy atom. The molecule has 2 N–H and O–H groups in total. The van der Waals surface area contributed by atoms with Gasteiger partial charge in [-0.15, -0.1) is 0 Å². The lowest BCUT2D eigenvalue weighted by atomic mass is 9.85. The maximum Gasteiger partial charge on any atom is 0.142 e. The van der Waals surface area contributed by atoms with Gasteiger partial charge in [0, 0.05) is 34.1 Å². The largest absolute Gasteiger partial charge is 0.512 e. The highest BCUT2D eigenvalue weighted by molar-refractivity contribution is 5.91. The van der Waals surface area contributed by atoms with E-state index in [4.69, 9.17) is 9.15 Å². The molecule has 0 bridgehead atoms. The molecule has 1 unspecified atom stereocenters. The Morgan fingerprint density at radius 3 is 2.59 bits per heavy atom. The summed E-state index contributed by atoms with van der Waals surface area (Å²) >= 11 is 0. The number of phenolic OH excluding ortho intramolecular Hbond substituents is 1. The van der Waals surface area contributed by atoms with E-state index in [-0.39, 0.29) is 11.7 Å². The SMILES string of the molecule is CC(C)=CCc1c(O)ccc2c3c(oc12)C1=C(C=C(O)C(CC=C(C)C)C1)OC3. The fraction of sp³-hybridized carbons (Fsp3) is 0.360. The van der Waals surface area contributed by atoms with Crippen molar-refractivity contribution < 1.29 is 19.4 Å². The molecule has 1 aliphatic heterocycles. The van der Waals surface area contributed by atoms with Crippen LogP contribution in [0.4, 0.5) is 0 Å². The Hall–Kier alpha value is -2.88. The molecule has 29 heavy (non-hydrogen) atoms. The summed E-state index contributed by atoms with van der Waals surface area (Å²) in [7, 11) is 0. The topological polar surface area (TPSA) is 62.8 Å². The highest BCUT2D eigenvalue weighted by atomic mass is 16.5. The number of phenols is 1. The van der Waals surface area contributed by atoms with Gasteiger partial charge in [-0.3, -0.25) is 0 Å². The van der Waals surface area contributed by atoms with E-state index in [2.05, 4.69) is 26.0 Å². The number of allylic oxidation sites excluding steroid dienone is 7. The second-order valence-electron chi connectivity index (χ2n) is 8.45. The number of fused-ring (bicyclic) bond motifs is 4. The first-order valence-corrected chi connectivity index (χ1v) is 10.1. The highest BCUT2D eigenvalue weighted by Gasteiger charge is 2.32. The molecular formula is C25H28O4. The van der Waals surface area contributed by atoms with Crippen LogP contribution in [-0.4, -0.2) is 10.2 Å². The van der Waals surface area contributed by atoms with Gasteiger partial charge in [0.05, 0.1) is 5.76 Å². The molecule has 0 amide bonds. The van der Waals surface area contributed by atoms with Crippen molar-refractivity contribution in [1.29, 1.82) is 0 Å². The van der Waals surface area contributed by atoms with Gasteiger partial charge >= 0.3 is 0 Å². The van der Waals surface area contributed by atoms with E-state index < -0.39 is 0 Å². The van der Waals surface area contributed by atoms with Crippen molar-refractivity contribution in [3.8, 4) is 5.75 Å². The predicted octanol–water partition coefficient (Wildman–Crippen LogP) is 6.71. The van der Waals surface area contributed by atoms with Crippen molar-refractivity contribution in [1.82, 2.24) is 0 Å². The van der Waals surface area contributed by atoms with Crippen LogP contribution in [0.5, 0.6) is 5.75 Å². The fourth-order valence-electron chi connectivity index (χ4n) is 4.00. The van der Waals surface area contributed by atoms with Crippen molar-refractivity contribution in [2.75, 3.05) is 0 Å². The zero-order valence-electron chi connectivity index (χ0n) is 17.5. The predicted molar refractivity (Wildman–Crippen MR) is 116 cm³/mol. The maximum atomic E-state index is 10.5. The first-order valence-electron chi connectivity index (χ1n) is 10.1. The first kappa shape index (κ1) is 19.4. The molecule has 1 aromatic heterocycles. The van der Waals surface area contributed by atoms with Crippen LogP contribution in [0.2, 0.25) is 0 Å². The Balaban J connectivity index is 1.79. The summed E-state index contributed by atoms with van der Waals surface area (Å²) in [6, 6.07) is 3.64. The van der Waals surface area contributed by atoms with Crippen LogP contribution in [0, 0.1) is 5.92 Å². The van der Waals surface area contributed by atoms with E-state index >= 15 is 0 Å². The number of rotatable bonds is 4. The van der Waals surface area contributed by atoms with Crippen LogP contribution in [-0.2, 0) is 17.8 Å². The summed E-state index contributed by atoms with van der Waals surface area (Å²) in [5.41, 5.74) is 5.98. The molecule has 0 saturated heterocycles. The summed E-state index contributed by atoms with van der Waals surface area (Å²) < 4.78 is 12.3. The lowest BCUT2D eigenvalue weighted by molar-refractivity contribution is 0.195. The van der Waals surface area contributed by atoms with Crippen molar-refractivity contribution in [2.24, 2.45) is 5.92 Å². The Labute approximate surface area is 171 Å². The lowest BCUT2D eigenvalue weighted by Gasteiger charge is -2.27. The van der Waals surface area contributed by atoms with E-state index in [9.17, 15) is 10.2 Å².